The van der Waals surface area contributed by atoms with E-state index in [4.69, 9.17) is 9.84 Å². The molecule has 0 aliphatic heterocycles. The maximum absolute atomic E-state index is 8.91. The molecule has 0 aromatic carbocycles. The molecule has 4 heteroatoms. The first-order valence-corrected chi connectivity index (χ1v) is 5.41. The second-order valence-corrected chi connectivity index (χ2v) is 3.65. The summed E-state index contributed by atoms with van der Waals surface area (Å²) in [4.78, 5) is 0. The molecule has 3 nitrogen and oxygen atoms in total. The van der Waals surface area contributed by atoms with Gasteiger partial charge in [-0.25, -0.2) is 0 Å². The van der Waals surface area contributed by atoms with Gasteiger partial charge < -0.3 is 15.2 Å². The molecule has 0 fully saturated rings. The van der Waals surface area contributed by atoms with E-state index < -0.39 is 0 Å². The third-order valence-corrected chi connectivity index (χ3v) is 2.56. The van der Waals surface area contributed by atoms with Crippen LogP contribution in [0.4, 0.5) is 0 Å². The van der Waals surface area contributed by atoms with Crippen LogP contribution in [0.1, 0.15) is 6.92 Å². The number of ether oxygens (including phenoxy) is 1. The van der Waals surface area contributed by atoms with Crippen LogP contribution in [0.15, 0.2) is 0 Å². The number of rotatable bonds is 8. The lowest BCUT2D eigenvalue weighted by atomic mass is 10.4. The fourth-order valence-electron chi connectivity index (χ4n) is 0.833. The Kier molecular flexibility index (Phi) is 9.50. The molecule has 0 aromatic heterocycles. The van der Waals surface area contributed by atoms with Gasteiger partial charge in [0.05, 0.1) is 13.2 Å². The average molecular weight is 193 g/mol. The summed E-state index contributed by atoms with van der Waals surface area (Å²) in [6.45, 7) is 3.96. The molecule has 0 amide bonds. The molecule has 0 aliphatic rings. The van der Waals surface area contributed by atoms with Crippen LogP contribution in [0, 0.1) is 0 Å². The fraction of sp³-hybridized carbons (Fsp3) is 1.00. The van der Waals surface area contributed by atoms with Crippen LogP contribution in [0.5, 0.6) is 0 Å². The Morgan fingerprint density at radius 1 is 1.58 bits per heavy atom. The van der Waals surface area contributed by atoms with Crippen LogP contribution in [-0.2, 0) is 4.74 Å². The normalized spacial score (nSPS) is 13.2. The zero-order chi connectivity index (χ0) is 9.23. The molecular weight excluding hydrogens is 174 g/mol. The van der Waals surface area contributed by atoms with E-state index in [9.17, 15) is 0 Å². The van der Waals surface area contributed by atoms with Gasteiger partial charge in [0.25, 0.3) is 0 Å². The molecule has 0 radical (unpaired) electrons. The van der Waals surface area contributed by atoms with E-state index in [0.29, 0.717) is 0 Å². The van der Waals surface area contributed by atoms with Gasteiger partial charge >= 0.3 is 0 Å². The maximum Gasteiger partial charge on any atom is 0.0592 e. The second kappa shape index (κ2) is 9.32. The number of nitrogens with one attached hydrogen (secondary N) is 1. The molecular formula is C8H19NO2S. The van der Waals surface area contributed by atoms with E-state index in [-0.39, 0.29) is 12.6 Å². The van der Waals surface area contributed by atoms with Gasteiger partial charge in [0.2, 0.25) is 0 Å². The molecule has 1 atom stereocenters. The molecule has 1 unspecified atom stereocenters. The van der Waals surface area contributed by atoms with Crippen molar-refractivity contribution < 1.29 is 9.84 Å². The summed E-state index contributed by atoms with van der Waals surface area (Å²) >= 11 is 1.80. The van der Waals surface area contributed by atoms with Crippen molar-refractivity contribution in [3.05, 3.63) is 0 Å². The Morgan fingerprint density at radius 2 is 2.33 bits per heavy atom. The monoisotopic (exact) mass is 193 g/mol. The van der Waals surface area contributed by atoms with Crippen molar-refractivity contribution in [2.75, 3.05) is 38.4 Å². The Bertz CT molecular complexity index is 93.1. The minimum atomic E-state index is 0.216. The van der Waals surface area contributed by atoms with Gasteiger partial charge in [0, 0.05) is 24.7 Å². The van der Waals surface area contributed by atoms with Gasteiger partial charge in [0.1, 0.15) is 0 Å². The number of aliphatic hydroxyl groups is 1. The zero-order valence-electron chi connectivity index (χ0n) is 7.88. The van der Waals surface area contributed by atoms with Gasteiger partial charge in [0.15, 0.2) is 0 Å². The van der Waals surface area contributed by atoms with E-state index in [1.54, 1.807) is 18.9 Å². The van der Waals surface area contributed by atoms with Gasteiger partial charge in [-0.2, -0.15) is 11.8 Å². The van der Waals surface area contributed by atoms with Crippen molar-refractivity contribution in [3.8, 4) is 0 Å². The first kappa shape index (κ1) is 12.2. The molecule has 0 rings (SSSR count). The highest BCUT2D eigenvalue weighted by Crippen LogP contribution is 2.01. The average Bonchev–Trinajstić information content (AvgIpc) is 2.10. The number of thioether (sulfide) groups is 1. The van der Waals surface area contributed by atoms with Gasteiger partial charge in [-0.05, 0) is 6.54 Å². The summed E-state index contributed by atoms with van der Waals surface area (Å²) in [7, 11) is 1.70. The molecule has 2 N–H and O–H groups in total. The number of hydrogen-bond donors (Lipinski definition) is 2. The van der Waals surface area contributed by atoms with Crippen molar-refractivity contribution in [2.24, 2.45) is 0 Å². The highest BCUT2D eigenvalue weighted by molar-refractivity contribution is 7.99. The summed E-state index contributed by atoms with van der Waals surface area (Å²) in [5.41, 5.74) is 0. The highest BCUT2D eigenvalue weighted by Gasteiger charge is 2.03. The van der Waals surface area contributed by atoms with E-state index in [0.717, 1.165) is 24.7 Å². The highest BCUT2D eigenvalue weighted by atomic mass is 32.2. The largest absolute Gasteiger partial charge is 0.395 e. The van der Waals surface area contributed by atoms with Crippen LogP contribution < -0.4 is 5.32 Å². The molecule has 0 saturated carbocycles. The summed E-state index contributed by atoms with van der Waals surface area (Å²) < 4.78 is 4.91. The smallest absolute Gasteiger partial charge is 0.0592 e. The minimum absolute atomic E-state index is 0.216. The Balaban J connectivity index is 3.19. The number of likely N-dealkylation sites (N-methyl/N-ethyl adjacent to an activating group) is 1. The third-order valence-electron chi connectivity index (χ3n) is 1.46. The quantitative estimate of drug-likeness (QED) is 0.545. The number of methoxy groups -OCH3 is 1. The molecule has 0 aromatic rings. The van der Waals surface area contributed by atoms with E-state index in [1.165, 1.54) is 0 Å². The number of hydrogen-bond acceptors (Lipinski definition) is 4. The van der Waals surface area contributed by atoms with Crippen molar-refractivity contribution in [1.29, 1.82) is 0 Å². The van der Waals surface area contributed by atoms with Crippen LogP contribution in [-0.4, -0.2) is 49.5 Å². The van der Waals surface area contributed by atoms with Gasteiger partial charge in [-0.15, -0.1) is 0 Å². The van der Waals surface area contributed by atoms with Gasteiger partial charge in [-0.3, -0.25) is 0 Å². The maximum atomic E-state index is 8.91. The van der Waals surface area contributed by atoms with Crippen LogP contribution in [0.25, 0.3) is 0 Å². The van der Waals surface area contributed by atoms with Crippen LogP contribution in [0.2, 0.25) is 0 Å². The van der Waals surface area contributed by atoms with Crippen molar-refractivity contribution in [2.45, 2.75) is 13.0 Å². The van der Waals surface area contributed by atoms with Crippen molar-refractivity contribution in [3.63, 3.8) is 0 Å². The first-order chi connectivity index (χ1) is 5.85. The standard InChI is InChI=1S/C8H19NO2S/c1-3-9-8(6-10)7-12-5-4-11-2/h8-10H,3-7H2,1-2H3. The number of aliphatic hydroxyl groups excluding tert-OH is 1. The van der Waals surface area contributed by atoms with Crippen molar-refractivity contribution in [1.82, 2.24) is 5.32 Å². The third kappa shape index (κ3) is 6.91. The lowest BCUT2D eigenvalue weighted by molar-refractivity contribution is 0.218. The second-order valence-electron chi connectivity index (χ2n) is 2.50. The Morgan fingerprint density at radius 3 is 2.83 bits per heavy atom. The summed E-state index contributed by atoms with van der Waals surface area (Å²) in [5.74, 6) is 1.95. The molecule has 0 spiro atoms. The molecule has 74 valence electrons. The first-order valence-electron chi connectivity index (χ1n) is 4.26. The van der Waals surface area contributed by atoms with Crippen LogP contribution in [0.3, 0.4) is 0 Å². The molecule has 0 saturated heterocycles. The SMILES string of the molecule is CCNC(CO)CSCCOC. The fourth-order valence-corrected chi connectivity index (χ4v) is 1.79. The van der Waals surface area contributed by atoms with E-state index >= 15 is 0 Å². The van der Waals surface area contributed by atoms with Crippen LogP contribution >= 0.6 is 11.8 Å². The molecule has 0 bridgehead atoms. The van der Waals surface area contributed by atoms with E-state index in [2.05, 4.69) is 5.32 Å². The molecule has 0 aliphatic carbocycles. The molecule has 0 heterocycles. The predicted molar refractivity (Wildman–Crippen MR) is 53.8 cm³/mol. The topological polar surface area (TPSA) is 41.5 Å². The lowest BCUT2D eigenvalue weighted by Crippen LogP contribution is -2.34. The summed E-state index contributed by atoms with van der Waals surface area (Å²) in [5, 5.41) is 12.1. The van der Waals surface area contributed by atoms with E-state index in [1.807, 2.05) is 6.92 Å². The molecule has 12 heavy (non-hydrogen) atoms. The van der Waals surface area contributed by atoms with Crippen molar-refractivity contribution >= 4 is 11.8 Å². The Labute approximate surface area is 78.9 Å². The zero-order valence-corrected chi connectivity index (χ0v) is 8.69. The lowest BCUT2D eigenvalue weighted by Gasteiger charge is -2.13. The van der Waals surface area contributed by atoms with Gasteiger partial charge in [-0.1, -0.05) is 6.92 Å². The minimum Gasteiger partial charge on any atom is -0.395 e. The Hall–Kier alpha value is 0.230. The predicted octanol–water partition coefficient (Wildman–Crippen LogP) is 0.336. The summed E-state index contributed by atoms with van der Waals surface area (Å²) in [6.07, 6.45) is 0. The summed E-state index contributed by atoms with van der Waals surface area (Å²) in [6, 6.07) is 0.233.